The standard InChI is InChI=1S/C26H38O10/c1-25(29,13-27)11-15-9-17(31-3)21(33-5)23(35-7)19(15)20-16(12-26(2,30)14-28)10-18(32-4)22(34-6)24(20)36-8/h9-10,27-30H,11-14H2,1-8H3/t25-,26+. The molecule has 0 aliphatic rings. The highest BCUT2D eigenvalue weighted by molar-refractivity contribution is 5.88. The number of aliphatic hydroxyl groups excluding tert-OH is 2. The van der Waals surface area contributed by atoms with Crippen LogP contribution in [0.3, 0.4) is 0 Å². The maximum absolute atomic E-state index is 10.8. The molecular weight excluding hydrogens is 472 g/mol. The summed E-state index contributed by atoms with van der Waals surface area (Å²) in [5, 5.41) is 41.2. The van der Waals surface area contributed by atoms with Gasteiger partial charge in [-0.2, -0.15) is 0 Å². The number of methoxy groups -OCH3 is 6. The Hall–Kier alpha value is -2.92. The van der Waals surface area contributed by atoms with Crippen molar-refractivity contribution in [2.45, 2.75) is 37.9 Å². The van der Waals surface area contributed by atoms with E-state index in [2.05, 4.69) is 0 Å². The van der Waals surface area contributed by atoms with Crippen LogP contribution >= 0.6 is 0 Å². The molecule has 0 heterocycles. The van der Waals surface area contributed by atoms with Gasteiger partial charge in [-0.1, -0.05) is 0 Å². The van der Waals surface area contributed by atoms with Crippen molar-refractivity contribution in [1.82, 2.24) is 0 Å². The van der Waals surface area contributed by atoms with Gasteiger partial charge < -0.3 is 48.8 Å². The monoisotopic (exact) mass is 510 g/mol. The molecule has 0 unspecified atom stereocenters. The fraction of sp³-hybridized carbons (Fsp3) is 0.538. The van der Waals surface area contributed by atoms with E-state index in [4.69, 9.17) is 28.4 Å². The van der Waals surface area contributed by atoms with E-state index in [-0.39, 0.29) is 24.3 Å². The number of hydrogen-bond acceptors (Lipinski definition) is 10. The van der Waals surface area contributed by atoms with Crippen molar-refractivity contribution in [3.05, 3.63) is 23.3 Å². The van der Waals surface area contributed by atoms with Crippen molar-refractivity contribution in [1.29, 1.82) is 0 Å². The summed E-state index contributed by atoms with van der Waals surface area (Å²) in [5.41, 5.74) is -0.964. The molecule has 202 valence electrons. The maximum Gasteiger partial charge on any atom is 0.203 e. The molecule has 10 heteroatoms. The quantitative estimate of drug-likeness (QED) is 0.317. The van der Waals surface area contributed by atoms with Gasteiger partial charge in [0.2, 0.25) is 11.5 Å². The average Bonchev–Trinajstić information content (AvgIpc) is 2.86. The molecule has 2 aromatic carbocycles. The first-order valence-electron chi connectivity index (χ1n) is 11.3. The van der Waals surface area contributed by atoms with Crippen LogP contribution in [0.2, 0.25) is 0 Å². The summed E-state index contributed by atoms with van der Waals surface area (Å²) in [7, 11) is 8.82. The van der Waals surface area contributed by atoms with Gasteiger partial charge in [0.25, 0.3) is 0 Å². The first kappa shape index (κ1) is 29.3. The van der Waals surface area contributed by atoms with Gasteiger partial charge in [0.1, 0.15) is 0 Å². The Morgan fingerprint density at radius 3 is 1.08 bits per heavy atom. The molecule has 0 aliphatic carbocycles. The largest absolute Gasteiger partial charge is 0.493 e. The second kappa shape index (κ2) is 11.9. The fourth-order valence-corrected chi connectivity index (χ4v) is 4.17. The predicted octanol–water partition coefficient (Wildman–Crippen LogP) is 1.98. The molecule has 10 nitrogen and oxygen atoms in total. The Balaban J connectivity index is 3.17. The third kappa shape index (κ3) is 5.89. The molecule has 0 bridgehead atoms. The molecule has 4 N–H and O–H groups in total. The minimum Gasteiger partial charge on any atom is -0.493 e. The molecule has 0 aromatic heterocycles. The van der Waals surface area contributed by atoms with E-state index < -0.39 is 24.4 Å². The second-order valence-corrected chi connectivity index (χ2v) is 9.02. The fourth-order valence-electron chi connectivity index (χ4n) is 4.17. The van der Waals surface area contributed by atoms with E-state index in [0.29, 0.717) is 45.3 Å². The molecule has 0 radical (unpaired) electrons. The molecule has 0 spiro atoms. The number of ether oxygens (including phenoxy) is 6. The summed E-state index contributed by atoms with van der Waals surface area (Å²) in [6, 6.07) is 3.37. The normalized spacial score (nSPS) is 14.4. The lowest BCUT2D eigenvalue weighted by Gasteiger charge is -2.29. The minimum absolute atomic E-state index is 0.00286. The lowest BCUT2D eigenvalue weighted by molar-refractivity contribution is 0.00185. The summed E-state index contributed by atoms with van der Waals surface area (Å²) >= 11 is 0. The SMILES string of the molecule is COc1cc(C[C@@](C)(O)CO)c(-c2c(C[C@](C)(O)CO)cc(OC)c(OC)c2OC)c(OC)c1OC. The van der Waals surface area contributed by atoms with Crippen LogP contribution in [0.1, 0.15) is 25.0 Å². The molecule has 0 aliphatic heterocycles. The maximum atomic E-state index is 10.8. The van der Waals surface area contributed by atoms with E-state index in [9.17, 15) is 20.4 Å². The van der Waals surface area contributed by atoms with Crippen molar-refractivity contribution >= 4 is 0 Å². The van der Waals surface area contributed by atoms with E-state index in [1.807, 2.05) is 0 Å². The van der Waals surface area contributed by atoms with Gasteiger partial charge in [-0.05, 0) is 37.1 Å². The highest BCUT2D eigenvalue weighted by Gasteiger charge is 2.34. The van der Waals surface area contributed by atoms with Crippen LogP contribution in [-0.2, 0) is 12.8 Å². The minimum atomic E-state index is -1.49. The first-order valence-corrected chi connectivity index (χ1v) is 11.3. The topological polar surface area (TPSA) is 136 Å². The van der Waals surface area contributed by atoms with Gasteiger partial charge in [-0.15, -0.1) is 0 Å². The van der Waals surface area contributed by atoms with Crippen molar-refractivity contribution in [3.8, 4) is 45.6 Å². The molecule has 0 fully saturated rings. The highest BCUT2D eigenvalue weighted by atomic mass is 16.5. The van der Waals surface area contributed by atoms with Crippen LogP contribution in [0.25, 0.3) is 11.1 Å². The van der Waals surface area contributed by atoms with Gasteiger partial charge >= 0.3 is 0 Å². The Morgan fingerprint density at radius 1 is 0.556 bits per heavy atom. The molecule has 2 aromatic rings. The number of rotatable bonds is 13. The summed E-state index contributed by atoms with van der Waals surface area (Å²) in [6.07, 6.45) is 0.00571. The number of benzene rings is 2. The average molecular weight is 511 g/mol. The van der Waals surface area contributed by atoms with Crippen LogP contribution in [-0.4, -0.2) is 87.5 Å². The van der Waals surface area contributed by atoms with Crippen molar-refractivity contribution < 1.29 is 48.8 Å². The van der Waals surface area contributed by atoms with Crippen molar-refractivity contribution in [2.75, 3.05) is 55.9 Å². The summed E-state index contributed by atoms with van der Waals surface area (Å²) in [4.78, 5) is 0. The Kier molecular flexibility index (Phi) is 9.67. The lowest BCUT2D eigenvalue weighted by atomic mass is 9.84. The Labute approximate surface area is 211 Å². The smallest absolute Gasteiger partial charge is 0.203 e. The highest BCUT2D eigenvalue weighted by Crippen LogP contribution is 2.54. The van der Waals surface area contributed by atoms with Crippen LogP contribution in [0.15, 0.2) is 12.1 Å². The first-order chi connectivity index (χ1) is 17.0. The zero-order valence-corrected chi connectivity index (χ0v) is 22.2. The number of aliphatic hydroxyl groups is 4. The van der Waals surface area contributed by atoms with Gasteiger partial charge in [0, 0.05) is 24.0 Å². The molecular formula is C26H38O10. The lowest BCUT2D eigenvalue weighted by Crippen LogP contribution is -2.32. The van der Waals surface area contributed by atoms with E-state index >= 15 is 0 Å². The predicted molar refractivity (Wildman–Crippen MR) is 134 cm³/mol. The van der Waals surface area contributed by atoms with Crippen LogP contribution in [0.4, 0.5) is 0 Å². The Morgan fingerprint density at radius 2 is 0.861 bits per heavy atom. The molecule has 0 saturated heterocycles. The molecule has 2 atom stereocenters. The van der Waals surface area contributed by atoms with Crippen LogP contribution in [0, 0.1) is 0 Å². The summed E-state index contributed by atoms with van der Waals surface area (Å²) in [6.45, 7) is 2.00. The van der Waals surface area contributed by atoms with Crippen molar-refractivity contribution in [3.63, 3.8) is 0 Å². The van der Waals surface area contributed by atoms with Crippen molar-refractivity contribution in [2.24, 2.45) is 0 Å². The van der Waals surface area contributed by atoms with Crippen LogP contribution < -0.4 is 28.4 Å². The van der Waals surface area contributed by atoms with Gasteiger partial charge in [-0.25, -0.2) is 0 Å². The second-order valence-electron chi connectivity index (χ2n) is 9.02. The van der Waals surface area contributed by atoms with E-state index in [0.717, 1.165) is 0 Å². The van der Waals surface area contributed by atoms with Gasteiger partial charge in [-0.3, -0.25) is 0 Å². The zero-order chi connectivity index (χ0) is 27.3. The van der Waals surface area contributed by atoms with E-state index in [1.54, 1.807) is 12.1 Å². The number of hydrogen-bond donors (Lipinski definition) is 4. The molecule has 0 saturated carbocycles. The van der Waals surface area contributed by atoms with Gasteiger partial charge in [0.15, 0.2) is 23.0 Å². The zero-order valence-electron chi connectivity index (χ0n) is 22.2. The molecule has 36 heavy (non-hydrogen) atoms. The third-order valence-electron chi connectivity index (χ3n) is 5.90. The summed E-state index contributed by atoms with van der Waals surface area (Å²) in [5.74, 6) is 1.83. The van der Waals surface area contributed by atoms with Crippen LogP contribution in [0.5, 0.6) is 34.5 Å². The summed E-state index contributed by atoms with van der Waals surface area (Å²) < 4.78 is 33.9. The molecule has 0 amide bonds. The van der Waals surface area contributed by atoms with Gasteiger partial charge in [0.05, 0.1) is 67.1 Å². The Bertz CT molecular complexity index is 962. The molecule has 2 rings (SSSR count). The third-order valence-corrected chi connectivity index (χ3v) is 5.90. The van der Waals surface area contributed by atoms with E-state index in [1.165, 1.54) is 56.5 Å².